The predicted molar refractivity (Wildman–Crippen MR) is 464 cm³/mol. The monoisotopic (exact) mass is 2440 g/mol. The van der Waals surface area contributed by atoms with Gasteiger partial charge in [-0.15, -0.1) is 165 Å². The Morgan fingerprint density at radius 3 is 0.795 bits per heavy atom. The molecular formula is C94H50N30O4Pt4. The molecule has 0 aliphatic carbocycles. The minimum Gasteiger partial charge on any atom is -0.460 e. The summed E-state index contributed by atoms with van der Waals surface area (Å²) in [6.07, 6.45) is 14.4. The summed E-state index contributed by atoms with van der Waals surface area (Å²) < 4.78 is 30.5. The van der Waals surface area contributed by atoms with Crippen LogP contribution in [0.4, 0.5) is 0 Å². The molecule has 0 bridgehead atoms. The molecule has 34 nitrogen and oxygen atoms in total. The Hall–Kier alpha value is -16.3. The molecule has 12 aromatic carbocycles. The summed E-state index contributed by atoms with van der Waals surface area (Å²) in [5.74, 6) is 4.05. The van der Waals surface area contributed by atoms with E-state index in [2.05, 4.69) is 217 Å². The Morgan fingerprint density at radius 1 is 0.189 bits per heavy atom. The first-order chi connectivity index (χ1) is 63.5. The fourth-order valence-corrected chi connectivity index (χ4v) is 14.5. The van der Waals surface area contributed by atoms with Crippen LogP contribution in [0.1, 0.15) is 0 Å². The van der Waals surface area contributed by atoms with Crippen molar-refractivity contribution in [2.45, 2.75) is 0 Å². The molecule has 0 atom stereocenters. The van der Waals surface area contributed by atoms with E-state index >= 15 is 0 Å². The van der Waals surface area contributed by atoms with E-state index in [1.54, 1.807) is 42.9 Å². The van der Waals surface area contributed by atoms with E-state index in [0.29, 0.717) is 52.7 Å². The molecule has 0 aliphatic heterocycles. The Bertz CT molecular complexity index is 7180. The van der Waals surface area contributed by atoms with Gasteiger partial charge in [-0.3, -0.25) is 18.3 Å². The fourth-order valence-electron chi connectivity index (χ4n) is 14.5. The van der Waals surface area contributed by atoms with Crippen LogP contribution >= 0.6 is 0 Å². The van der Waals surface area contributed by atoms with E-state index in [1.165, 1.54) is 44.0 Å². The van der Waals surface area contributed by atoms with Crippen molar-refractivity contribution in [1.82, 2.24) is 150 Å². The Kier molecular flexibility index (Phi) is 26.8. The first kappa shape index (κ1) is 87.8. The van der Waals surface area contributed by atoms with E-state index < -0.39 is 0 Å². The molecule has 0 amide bonds. The van der Waals surface area contributed by atoms with Gasteiger partial charge in [-0.25, -0.2) is 64.4 Å². The van der Waals surface area contributed by atoms with Crippen molar-refractivity contribution in [1.29, 1.82) is 0 Å². The number of benzene rings is 12. The van der Waals surface area contributed by atoms with Gasteiger partial charge >= 0.3 is 102 Å². The van der Waals surface area contributed by atoms with Crippen LogP contribution in [-0.4, -0.2) is 150 Å². The normalized spacial score (nSPS) is 10.8. The molecule has 0 unspecified atom stereocenters. The standard InChI is InChI=1S/C25H14N6O.C24H13N7O.C23H12N8O.C22H11N9O.4Pt/c1-2-9-22-20(8-1)21-12-11-18(15-23(21)31(22)25-29-27-16-28-30-25)17-6-5-7-19(14-17)32-24-10-3-4-13-26-24;1-2-8-21-19(7-1)20-10-9-17(14-22(20)31(21)23-29-27-15-28-30-23)16-5-3-6-18(13-16)32-24-25-11-4-12-26-24;1-2-7-20-18(6-1)19-9-8-16(13-21(19)31(20)22-28-26-14-27-29-22)15-4-3-5-17(12-15)32-23-24-10-11-25-30-23;1-2-7-19-17(6-1)18-9-8-15(11-20(18)31(19)21-27-23-12-24-28-21)14-4-3-5-16(10-14)32-22-29-25-13-26-30-22;;;;/h1-13,16H;1-12,15H;1-11,14H;1-9,12-13H;;;;/q4*-2;4*+2. The Morgan fingerprint density at radius 2 is 0.470 bits per heavy atom. The van der Waals surface area contributed by atoms with Crippen molar-refractivity contribution in [2.24, 2.45) is 0 Å². The van der Waals surface area contributed by atoms with Crippen molar-refractivity contribution in [3.05, 3.63) is 354 Å². The maximum atomic E-state index is 5.85. The molecule has 0 radical (unpaired) electrons. The molecule has 132 heavy (non-hydrogen) atoms. The van der Waals surface area contributed by atoms with E-state index in [4.69, 9.17) is 18.9 Å². The largest absolute Gasteiger partial charge is 2.00 e. The topological polar surface area (TPSA) is 392 Å². The summed E-state index contributed by atoms with van der Waals surface area (Å²) in [5, 5.41) is 95.3. The van der Waals surface area contributed by atoms with Crippen molar-refractivity contribution >= 4 is 87.2 Å². The van der Waals surface area contributed by atoms with Gasteiger partial charge in [0.2, 0.25) is 5.88 Å². The maximum absolute atomic E-state index is 5.85. The molecular weight excluding hydrogens is 2390 g/mol. The third kappa shape index (κ3) is 18.5. The molecule has 640 valence electrons. The number of nitrogens with zero attached hydrogens (tertiary/aromatic N) is 30. The zero-order valence-electron chi connectivity index (χ0n) is 67.2. The molecule has 0 saturated carbocycles. The van der Waals surface area contributed by atoms with Gasteiger partial charge in [0.05, 0.1) is 12.4 Å². The number of aromatic nitrogens is 30. The number of para-hydroxylation sites is 4. The number of pyridine rings is 1. The minimum absolute atomic E-state index is 0. The summed E-state index contributed by atoms with van der Waals surface area (Å²) in [6.45, 7) is 0. The number of fused-ring (bicyclic) bond motifs is 12. The number of hydrogen-bond acceptors (Lipinski definition) is 30. The van der Waals surface area contributed by atoms with Gasteiger partial charge < -0.3 is 18.9 Å². The van der Waals surface area contributed by atoms with Crippen LogP contribution in [-0.2, 0) is 84.3 Å². The van der Waals surface area contributed by atoms with Crippen LogP contribution in [0.5, 0.6) is 46.9 Å². The van der Waals surface area contributed by atoms with Gasteiger partial charge in [0, 0.05) is 69.7 Å². The molecule has 12 aromatic heterocycles. The SMILES string of the molecule is [Pt+2].[Pt+2].[Pt+2].[Pt+2].[c-]1c(Oc2ccccn2)cccc1-c1[c-]c2c(cc1)c1ccccc1n2-c1nncnn1.[c-]1c(Oc2ncccn2)cccc1-c1[c-]c2c(cc1)c1ccccc1n2-c1nncnn1.[c-]1c(Oc2nccnn2)cccc1-c1[c-]c2c(cc1)c1ccccc1n2-c1nncnn1.[c-]1c(Oc2nncnn2)cccc1-c1[c-]c2c(cc1)c1ccccc1n2-c1nncnn1. The van der Waals surface area contributed by atoms with Crippen LogP contribution in [0.15, 0.2) is 305 Å². The Balaban J connectivity index is 0.000000122. The van der Waals surface area contributed by atoms with Crippen LogP contribution in [0, 0.1) is 48.5 Å². The van der Waals surface area contributed by atoms with E-state index in [0.717, 1.165) is 132 Å². The summed E-state index contributed by atoms with van der Waals surface area (Å²) in [6, 6.07) is 106. The first-order valence-corrected chi connectivity index (χ1v) is 39.0. The molecule has 0 spiro atoms. The van der Waals surface area contributed by atoms with Crippen LogP contribution in [0.3, 0.4) is 0 Å². The fraction of sp³-hybridized carbons (Fsp3) is 0. The molecule has 0 saturated heterocycles. The smallest absolute Gasteiger partial charge is 0.460 e. The van der Waals surface area contributed by atoms with E-state index in [9.17, 15) is 0 Å². The third-order valence-corrected chi connectivity index (χ3v) is 19.8. The average Bonchev–Trinajstić information content (AvgIpc) is 1.61. The molecule has 0 N–H and O–H groups in total. The predicted octanol–water partition coefficient (Wildman–Crippen LogP) is 15.6. The molecule has 0 fully saturated rings. The molecule has 24 rings (SSSR count). The summed E-state index contributed by atoms with van der Waals surface area (Å²) in [4.78, 5) is 16.4. The van der Waals surface area contributed by atoms with Gasteiger partial charge in [0.1, 0.15) is 0 Å². The number of rotatable bonds is 16. The molecule has 0 aliphatic rings. The minimum atomic E-state index is 0. The molecule has 38 heteroatoms. The van der Waals surface area contributed by atoms with Crippen molar-refractivity contribution in [3.8, 4) is 115 Å². The van der Waals surface area contributed by atoms with Gasteiger partial charge in [-0.2, -0.15) is 102 Å². The van der Waals surface area contributed by atoms with Gasteiger partial charge in [-0.05, 0) is 80.0 Å². The van der Waals surface area contributed by atoms with E-state index in [-0.39, 0.29) is 102 Å². The quantitative estimate of drug-likeness (QED) is 0.0811. The summed E-state index contributed by atoms with van der Waals surface area (Å²) in [5.41, 5.74) is 13.7. The van der Waals surface area contributed by atoms with Crippen molar-refractivity contribution < 1.29 is 103 Å². The van der Waals surface area contributed by atoms with Crippen LogP contribution in [0.25, 0.3) is 156 Å². The zero-order chi connectivity index (χ0) is 85.3. The zero-order valence-corrected chi connectivity index (χ0v) is 76.3. The van der Waals surface area contributed by atoms with Crippen molar-refractivity contribution in [3.63, 3.8) is 0 Å². The number of ether oxygens (including phenoxy) is 4. The summed E-state index contributed by atoms with van der Waals surface area (Å²) in [7, 11) is 0. The Labute approximate surface area is 803 Å². The van der Waals surface area contributed by atoms with Gasteiger partial charge in [0.15, 0.2) is 31.6 Å². The molecule has 12 heterocycles. The second kappa shape index (κ2) is 40.4. The van der Waals surface area contributed by atoms with Crippen molar-refractivity contribution in [2.75, 3.05) is 0 Å². The second-order valence-electron chi connectivity index (χ2n) is 27.4. The second-order valence-corrected chi connectivity index (χ2v) is 27.4. The van der Waals surface area contributed by atoms with Gasteiger partial charge in [0.25, 0.3) is 23.8 Å². The number of hydrogen-bond donors (Lipinski definition) is 0. The van der Waals surface area contributed by atoms with E-state index in [1.807, 2.05) is 200 Å². The van der Waals surface area contributed by atoms with Gasteiger partial charge in [-0.1, -0.05) is 116 Å². The average molecular weight is 2440 g/mol. The maximum Gasteiger partial charge on any atom is 2.00 e. The third-order valence-electron chi connectivity index (χ3n) is 19.8. The van der Waals surface area contributed by atoms with Crippen LogP contribution in [0.2, 0.25) is 0 Å². The van der Waals surface area contributed by atoms with Crippen LogP contribution < -0.4 is 18.9 Å². The summed E-state index contributed by atoms with van der Waals surface area (Å²) >= 11 is 0. The molecule has 24 aromatic rings. The first-order valence-electron chi connectivity index (χ1n) is 39.0.